The van der Waals surface area contributed by atoms with Crippen LogP contribution in [0.2, 0.25) is 0 Å². The number of benzene rings is 2. The first-order valence-electron chi connectivity index (χ1n) is 9.49. The van der Waals surface area contributed by atoms with Crippen molar-refractivity contribution in [1.29, 1.82) is 0 Å². The number of nitrogens with one attached hydrogen (secondary N) is 1. The molecule has 0 fully saturated rings. The first-order valence-corrected chi connectivity index (χ1v) is 9.49. The Labute approximate surface area is 174 Å². The van der Waals surface area contributed by atoms with Crippen LogP contribution in [0.4, 0.5) is 11.4 Å². The molecule has 1 heterocycles. The SMILES string of the molecule is COc1ccc(NC(=O)[C@H](C)N2CCc3cc(OC)c(OC)cc3C2)c([N+](=O)[O-])c1. The standard InChI is InChI=1S/C21H25N3O6/c1-13(21(25)22-17-6-5-16(28-2)11-18(17)24(26)27)23-8-7-14-9-19(29-3)20(30-4)10-15(14)12-23/h5-6,9-11,13H,7-8,12H2,1-4H3,(H,22,25)/t13-/m0/s1. The molecule has 0 saturated heterocycles. The third kappa shape index (κ3) is 4.30. The molecule has 0 unspecified atom stereocenters. The van der Waals surface area contributed by atoms with Gasteiger partial charge in [0.25, 0.3) is 5.69 Å². The van der Waals surface area contributed by atoms with Gasteiger partial charge in [0.05, 0.1) is 38.4 Å². The van der Waals surface area contributed by atoms with Crippen molar-refractivity contribution in [3.05, 3.63) is 51.6 Å². The zero-order valence-electron chi connectivity index (χ0n) is 17.4. The lowest BCUT2D eigenvalue weighted by Gasteiger charge is -2.33. The monoisotopic (exact) mass is 415 g/mol. The third-order valence-corrected chi connectivity index (χ3v) is 5.33. The molecule has 1 N–H and O–H groups in total. The van der Waals surface area contributed by atoms with Gasteiger partial charge in [-0.05, 0) is 48.7 Å². The molecule has 1 aliphatic heterocycles. The maximum absolute atomic E-state index is 12.8. The van der Waals surface area contributed by atoms with E-state index in [1.165, 1.54) is 19.2 Å². The van der Waals surface area contributed by atoms with Gasteiger partial charge < -0.3 is 19.5 Å². The molecule has 9 nitrogen and oxygen atoms in total. The number of nitro benzene ring substituents is 1. The highest BCUT2D eigenvalue weighted by atomic mass is 16.6. The lowest BCUT2D eigenvalue weighted by molar-refractivity contribution is -0.384. The second kappa shape index (κ2) is 9.00. The molecular weight excluding hydrogens is 390 g/mol. The van der Waals surface area contributed by atoms with Crippen LogP contribution >= 0.6 is 0 Å². The zero-order valence-corrected chi connectivity index (χ0v) is 17.4. The smallest absolute Gasteiger partial charge is 0.296 e. The minimum absolute atomic E-state index is 0.140. The fourth-order valence-corrected chi connectivity index (χ4v) is 3.53. The Bertz CT molecular complexity index is 962. The van der Waals surface area contributed by atoms with Crippen LogP contribution in [0.3, 0.4) is 0 Å². The Balaban J connectivity index is 1.76. The molecule has 0 saturated carbocycles. The molecule has 2 aromatic rings. The van der Waals surface area contributed by atoms with Crippen molar-refractivity contribution in [2.75, 3.05) is 33.2 Å². The summed E-state index contributed by atoms with van der Waals surface area (Å²) in [6, 6.07) is 7.76. The van der Waals surface area contributed by atoms with Gasteiger partial charge in [-0.15, -0.1) is 0 Å². The fraction of sp³-hybridized carbons (Fsp3) is 0.381. The number of rotatable bonds is 7. The van der Waals surface area contributed by atoms with E-state index in [2.05, 4.69) is 5.32 Å². The van der Waals surface area contributed by atoms with Crippen molar-refractivity contribution in [3.63, 3.8) is 0 Å². The van der Waals surface area contributed by atoms with Crippen LogP contribution in [0.1, 0.15) is 18.1 Å². The average molecular weight is 415 g/mol. The average Bonchev–Trinajstić information content (AvgIpc) is 2.77. The van der Waals surface area contributed by atoms with Crippen molar-refractivity contribution in [2.24, 2.45) is 0 Å². The molecule has 30 heavy (non-hydrogen) atoms. The largest absolute Gasteiger partial charge is 0.496 e. The van der Waals surface area contributed by atoms with Crippen molar-refractivity contribution in [1.82, 2.24) is 4.90 Å². The van der Waals surface area contributed by atoms with E-state index >= 15 is 0 Å². The molecule has 0 aliphatic carbocycles. The number of nitrogens with zero attached hydrogens (tertiary/aromatic N) is 2. The molecule has 160 valence electrons. The fourth-order valence-electron chi connectivity index (χ4n) is 3.53. The zero-order chi connectivity index (χ0) is 21.8. The molecule has 1 aliphatic rings. The van der Waals surface area contributed by atoms with Crippen LogP contribution in [0, 0.1) is 10.1 Å². The summed E-state index contributed by atoms with van der Waals surface area (Å²) in [5, 5.41) is 14.0. The van der Waals surface area contributed by atoms with Gasteiger partial charge in [0.15, 0.2) is 11.5 Å². The van der Waals surface area contributed by atoms with Gasteiger partial charge in [-0.3, -0.25) is 19.8 Å². The van der Waals surface area contributed by atoms with E-state index in [0.717, 1.165) is 17.5 Å². The minimum atomic E-state index is -0.542. The quantitative estimate of drug-likeness (QED) is 0.548. The molecule has 9 heteroatoms. The Kier molecular flexibility index (Phi) is 6.41. The Morgan fingerprint density at radius 1 is 1.10 bits per heavy atom. The first kappa shape index (κ1) is 21.4. The van der Waals surface area contributed by atoms with E-state index in [4.69, 9.17) is 14.2 Å². The van der Waals surface area contributed by atoms with Gasteiger partial charge in [0, 0.05) is 13.1 Å². The molecule has 2 aromatic carbocycles. The highest BCUT2D eigenvalue weighted by Crippen LogP contribution is 2.34. The molecule has 1 atom stereocenters. The number of carbonyl (C=O) groups excluding carboxylic acids is 1. The van der Waals surface area contributed by atoms with Crippen molar-refractivity contribution in [2.45, 2.75) is 25.9 Å². The second-order valence-electron chi connectivity index (χ2n) is 7.00. The van der Waals surface area contributed by atoms with E-state index in [-0.39, 0.29) is 17.3 Å². The number of fused-ring (bicyclic) bond motifs is 1. The van der Waals surface area contributed by atoms with Gasteiger partial charge in [-0.25, -0.2) is 0 Å². The third-order valence-electron chi connectivity index (χ3n) is 5.33. The summed E-state index contributed by atoms with van der Waals surface area (Å²) in [4.78, 5) is 25.7. The Hall–Kier alpha value is -3.33. The number of hydrogen-bond donors (Lipinski definition) is 1. The van der Waals surface area contributed by atoms with Crippen molar-refractivity contribution >= 4 is 17.3 Å². The van der Waals surface area contributed by atoms with Crippen LogP contribution < -0.4 is 19.5 Å². The number of methoxy groups -OCH3 is 3. The summed E-state index contributed by atoms with van der Waals surface area (Å²) < 4.78 is 15.8. The minimum Gasteiger partial charge on any atom is -0.496 e. The van der Waals surface area contributed by atoms with E-state index in [1.807, 2.05) is 17.0 Å². The van der Waals surface area contributed by atoms with Crippen LogP contribution in [0.5, 0.6) is 17.2 Å². The van der Waals surface area contributed by atoms with Gasteiger partial charge in [0.2, 0.25) is 5.91 Å². The van der Waals surface area contributed by atoms with Gasteiger partial charge in [-0.2, -0.15) is 0 Å². The lowest BCUT2D eigenvalue weighted by Crippen LogP contribution is -2.44. The van der Waals surface area contributed by atoms with Crippen LogP contribution in [-0.2, 0) is 17.8 Å². The van der Waals surface area contributed by atoms with E-state index in [1.54, 1.807) is 27.2 Å². The number of amides is 1. The van der Waals surface area contributed by atoms with E-state index < -0.39 is 11.0 Å². The van der Waals surface area contributed by atoms with E-state index in [0.29, 0.717) is 30.3 Å². The van der Waals surface area contributed by atoms with Gasteiger partial charge in [0.1, 0.15) is 11.4 Å². The molecule has 0 spiro atoms. The summed E-state index contributed by atoms with van der Waals surface area (Å²) in [6.45, 7) is 3.03. The number of nitro groups is 1. The molecule has 3 rings (SSSR count). The van der Waals surface area contributed by atoms with Crippen molar-refractivity contribution in [3.8, 4) is 17.2 Å². The van der Waals surface area contributed by atoms with Crippen LogP contribution in [0.25, 0.3) is 0 Å². The maximum atomic E-state index is 12.8. The van der Waals surface area contributed by atoms with Crippen LogP contribution in [-0.4, -0.2) is 49.6 Å². The summed E-state index contributed by atoms with van der Waals surface area (Å²) in [5.41, 5.74) is 2.15. The number of hydrogen-bond acceptors (Lipinski definition) is 7. The normalized spacial score (nSPS) is 14.4. The highest BCUT2D eigenvalue weighted by Gasteiger charge is 2.28. The summed E-state index contributed by atoms with van der Waals surface area (Å²) in [6.07, 6.45) is 0.760. The van der Waals surface area contributed by atoms with Crippen LogP contribution in [0.15, 0.2) is 30.3 Å². The molecule has 0 radical (unpaired) electrons. The second-order valence-corrected chi connectivity index (χ2v) is 7.00. The summed E-state index contributed by atoms with van der Waals surface area (Å²) in [7, 11) is 4.62. The van der Waals surface area contributed by atoms with Gasteiger partial charge >= 0.3 is 0 Å². The summed E-state index contributed by atoms with van der Waals surface area (Å²) in [5.74, 6) is 1.36. The van der Waals surface area contributed by atoms with Gasteiger partial charge in [-0.1, -0.05) is 0 Å². The Morgan fingerprint density at radius 2 is 1.77 bits per heavy atom. The van der Waals surface area contributed by atoms with Crippen molar-refractivity contribution < 1.29 is 23.9 Å². The summed E-state index contributed by atoms with van der Waals surface area (Å²) >= 11 is 0. The molecular formula is C21H25N3O6. The molecule has 0 bridgehead atoms. The topological polar surface area (TPSA) is 103 Å². The predicted octanol–water partition coefficient (Wildman–Crippen LogP) is 3.01. The highest BCUT2D eigenvalue weighted by molar-refractivity contribution is 5.96. The molecule has 0 aromatic heterocycles. The maximum Gasteiger partial charge on any atom is 0.296 e. The molecule has 1 amide bonds. The Morgan fingerprint density at radius 3 is 2.37 bits per heavy atom. The number of ether oxygens (including phenoxy) is 3. The number of anilines is 1. The first-order chi connectivity index (χ1) is 14.4. The number of carbonyl (C=O) groups is 1. The van der Waals surface area contributed by atoms with E-state index in [9.17, 15) is 14.9 Å². The predicted molar refractivity (Wildman–Crippen MR) is 111 cm³/mol. The lowest BCUT2D eigenvalue weighted by atomic mass is 9.97.